The number of Topliss-reactive ketones (excluding diaryl/α,β-unsaturated/α-hetero) is 1. The van der Waals surface area contributed by atoms with Crippen LogP contribution in [0.4, 0.5) is 0 Å². The van der Waals surface area contributed by atoms with Gasteiger partial charge in [-0.3, -0.25) is 4.79 Å². The Morgan fingerprint density at radius 3 is 2.50 bits per heavy atom. The lowest BCUT2D eigenvalue weighted by atomic mass is 9.82. The number of fused-ring (bicyclic) bond motifs is 2. The summed E-state index contributed by atoms with van der Waals surface area (Å²) in [6, 6.07) is 0. The van der Waals surface area contributed by atoms with Crippen LogP contribution in [0.1, 0.15) is 33.1 Å². The van der Waals surface area contributed by atoms with Crippen molar-refractivity contribution in [2.75, 3.05) is 0 Å². The summed E-state index contributed by atoms with van der Waals surface area (Å²) in [4.78, 5) is 11.3. The molecule has 2 bridgehead atoms. The van der Waals surface area contributed by atoms with Gasteiger partial charge in [-0.05, 0) is 24.2 Å². The lowest BCUT2D eigenvalue weighted by Crippen LogP contribution is -2.20. The van der Waals surface area contributed by atoms with Crippen molar-refractivity contribution in [3.63, 3.8) is 0 Å². The van der Waals surface area contributed by atoms with Gasteiger partial charge in [-0.2, -0.15) is 0 Å². The van der Waals surface area contributed by atoms with Crippen molar-refractivity contribution in [1.29, 1.82) is 0 Å². The molecule has 10 heavy (non-hydrogen) atoms. The fraction of sp³-hybridized carbons (Fsp3) is 0.889. The quantitative estimate of drug-likeness (QED) is 0.500. The van der Waals surface area contributed by atoms with E-state index >= 15 is 0 Å². The van der Waals surface area contributed by atoms with E-state index in [1.54, 1.807) is 0 Å². The van der Waals surface area contributed by atoms with Gasteiger partial charge in [0.05, 0.1) is 0 Å². The Morgan fingerprint density at radius 2 is 2.20 bits per heavy atom. The van der Waals surface area contributed by atoms with E-state index in [1.165, 1.54) is 12.8 Å². The highest BCUT2D eigenvalue weighted by Crippen LogP contribution is 2.54. The maximum atomic E-state index is 11.3. The Bertz CT molecular complexity index is 185. The molecule has 2 aliphatic carbocycles. The average Bonchev–Trinajstić information content (AvgIpc) is 2.17. The van der Waals surface area contributed by atoms with Gasteiger partial charge in [-0.15, -0.1) is 0 Å². The van der Waals surface area contributed by atoms with Gasteiger partial charge in [0.2, 0.25) is 0 Å². The van der Waals surface area contributed by atoms with Crippen molar-refractivity contribution in [3.05, 3.63) is 0 Å². The van der Waals surface area contributed by atoms with Gasteiger partial charge in [-0.1, -0.05) is 13.8 Å². The summed E-state index contributed by atoms with van der Waals surface area (Å²) in [5.41, 5.74) is 0.404. The molecule has 2 saturated carbocycles. The minimum absolute atomic E-state index is 0.404. The van der Waals surface area contributed by atoms with Gasteiger partial charge in [-0.25, -0.2) is 0 Å². The van der Waals surface area contributed by atoms with Crippen LogP contribution in [0.3, 0.4) is 0 Å². The summed E-state index contributed by atoms with van der Waals surface area (Å²) in [5, 5.41) is 0. The SMILES string of the molecule is CC1CC2(C)CC(=O)C1C2. The Labute approximate surface area is 61.8 Å². The maximum Gasteiger partial charge on any atom is 0.136 e. The minimum Gasteiger partial charge on any atom is -0.299 e. The third kappa shape index (κ3) is 0.664. The summed E-state index contributed by atoms with van der Waals surface area (Å²) in [7, 11) is 0. The zero-order chi connectivity index (χ0) is 7.35. The summed E-state index contributed by atoms with van der Waals surface area (Å²) in [5.74, 6) is 1.64. The van der Waals surface area contributed by atoms with Gasteiger partial charge in [0.1, 0.15) is 5.78 Å². The van der Waals surface area contributed by atoms with Crippen molar-refractivity contribution >= 4 is 5.78 Å². The Hall–Kier alpha value is -0.330. The predicted octanol–water partition coefficient (Wildman–Crippen LogP) is 2.01. The summed E-state index contributed by atoms with van der Waals surface area (Å²) < 4.78 is 0. The molecule has 0 saturated heterocycles. The predicted molar refractivity (Wildman–Crippen MR) is 39.6 cm³/mol. The topological polar surface area (TPSA) is 17.1 Å². The Balaban J connectivity index is 2.29. The third-order valence-electron chi connectivity index (χ3n) is 3.23. The van der Waals surface area contributed by atoms with Crippen molar-refractivity contribution < 1.29 is 4.79 Å². The van der Waals surface area contributed by atoms with Gasteiger partial charge < -0.3 is 0 Å². The standard InChI is InChI=1S/C9H14O/c1-6-3-9(2)4-7(6)8(10)5-9/h6-7H,3-5H2,1-2H3. The average molecular weight is 138 g/mol. The largest absolute Gasteiger partial charge is 0.299 e. The molecule has 0 aromatic rings. The molecule has 2 fully saturated rings. The first-order valence-corrected chi connectivity index (χ1v) is 4.13. The molecular formula is C9H14O. The second-order valence-corrected chi connectivity index (χ2v) is 4.45. The molecule has 0 aromatic carbocycles. The fourth-order valence-corrected chi connectivity index (χ4v) is 2.86. The molecule has 0 N–H and O–H groups in total. The van der Waals surface area contributed by atoms with Crippen LogP contribution in [0, 0.1) is 17.3 Å². The van der Waals surface area contributed by atoms with E-state index in [2.05, 4.69) is 13.8 Å². The smallest absolute Gasteiger partial charge is 0.136 e. The fourth-order valence-electron chi connectivity index (χ4n) is 2.86. The van der Waals surface area contributed by atoms with E-state index in [1.807, 2.05) is 0 Å². The minimum atomic E-state index is 0.404. The van der Waals surface area contributed by atoms with E-state index in [9.17, 15) is 4.79 Å². The molecule has 56 valence electrons. The molecule has 1 nitrogen and oxygen atoms in total. The normalized spacial score (nSPS) is 52.4. The van der Waals surface area contributed by atoms with Crippen LogP contribution in [0.5, 0.6) is 0 Å². The molecule has 1 heteroatoms. The molecule has 2 aliphatic rings. The summed E-state index contributed by atoms with van der Waals surface area (Å²) in [6.45, 7) is 4.47. The molecule has 0 aliphatic heterocycles. The first-order valence-electron chi connectivity index (χ1n) is 4.13. The maximum absolute atomic E-state index is 11.3. The molecule has 0 aromatic heterocycles. The Morgan fingerprint density at radius 1 is 1.50 bits per heavy atom. The van der Waals surface area contributed by atoms with Crippen molar-refractivity contribution in [1.82, 2.24) is 0 Å². The highest BCUT2D eigenvalue weighted by molar-refractivity contribution is 5.85. The van der Waals surface area contributed by atoms with Gasteiger partial charge in [0.15, 0.2) is 0 Å². The number of rotatable bonds is 0. The molecule has 0 amide bonds. The molecule has 3 atom stereocenters. The van der Waals surface area contributed by atoms with Crippen molar-refractivity contribution in [3.8, 4) is 0 Å². The highest BCUT2D eigenvalue weighted by atomic mass is 16.1. The number of ketones is 1. The third-order valence-corrected chi connectivity index (χ3v) is 3.23. The van der Waals surface area contributed by atoms with Crippen LogP contribution in [0.25, 0.3) is 0 Å². The first-order chi connectivity index (χ1) is 4.61. The van der Waals surface area contributed by atoms with E-state index < -0.39 is 0 Å². The van der Waals surface area contributed by atoms with Crippen LogP contribution in [-0.4, -0.2) is 5.78 Å². The number of hydrogen-bond donors (Lipinski definition) is 0. The summed E-state index contributed by atoms with van der Waals surface area (Å²) in [6.07, 6.45) is 3.32. The summed E-state index contributed by atoms with van der Waals surface area (Å²) >= 11 is 0. The molecule has 3 unspecified atom stereocenters. The number of carbonyl (C=O) groups excluding carboxylic acids is 1. The van der Waals surface area contributed by atoms with Crippen molar-refractivity contribution in [2.45, 2.75) is 33.1 Å². The molecule has 0 radical (unpaired) electrons. The van der Waals surface area contributed by atoms with Gasteiger partial charge in [0, 0.05) is 12.3 Å². The number of hydrogen-bond acceptors (Lipinski definition) is 1. The molecular weight excluding hydrogens is 124 g/mol. The highest BCUT2D eigenvalue weighted by Gasteiger charge is 2.50. The number of carbonyl (C=O) groups is 1. The lowest BCUT2D eigenvalue weighted by molar-refractivity contribution is -0.123. The monoisotopic (exact) mass is 138 g/mol. The Kier molecular flexibility index (Phi) is 1.04. The lowest BCUT2D eigenvalue weighted by Gasteiger charge is -2.22. The van der Waals surface area contributed by atoms with Crippen LogP contribution in [0.2, 0.25) is 0 Å². The zero-order valence-electron chi connectivity index (χ0n) is 6.68. The second kappa shape index (κ2) is 1.63. The van der Waals surface area contributed by atoms with Crippen molar-refractivity contribution in [2.24, 2.45) is 17.3 Å². The van der Waals surface area contributed by atoms with Gasteiger partial charge >= 0.3 is 0 Å². The van der Waals surface area contributed by atoms with E-state index in [0.717, 1.165) is 6.42 Å². The van der Waals surface area contributed by atoms with E-state index in [0.29, 0.717) is 23.0 Å². The van der Waals surface area contributed by atoms with Crippen LogP contribution < -0.4 is 0 Å². The zero-order valence-corrected chi connectivity index (χ0v) is 6.68. The van der Waals surface area contributed by atoms with Crippen LogP contribution in [0.15, 0.2) is 0 Å². The first kappa shape index (κ1) is 6.38. The van der Waals surface area contributed by atoms with Crippen LogP contribution >= 0.6 is 0 Å². The van der Waals surface area contributed by atoms with Gasteiger partial charge in [0.25, 0.3) is 0 Å². The van der Waals surface area contributed by atoms with E-state index in [-0.39, 0.29) is 0 Å². The second-order valence-electron chi connectivity index (χ2n) is 4.45. The van der Waals surface area contributed by atoms with Crippen LogP contribution in [-0.2, 0) is 4.79 Å². The molecule has 2 rings (SSSR count). The molecule has 0 heterocycles. The molecule has 0 spiro atoms. The van der Waals surface area contributed by atoms with E-state index in [4.69, 9.17) is 0 Å².